The normalized spacial score (nSPS) is 44.2. The molecule has 0 aromatic carbocycles. The molecule has 5 nitrogen and oxygen atoms in total. The van der Waals surface area contributed by atoms with Crippen molar-refractivity contribution in [2.24, 2.45) is 23.2 Å². The molecule has 1 spiro atoms. The molecule has 5 heteroatoms. The lowest BCUT2D eigenvalue weighted by Crippen LogP contribution is -2.49. The number of rotatable bonds is 2. The fraction of sp³-hybridized carbons (Fsp3) is 0.864. The van der Waals surface area contributed by atoms with Gasteiger partial charge in [0.1, 0.15) is 6.10 Å². The second kappa shape index (κ2) is 6.57. The highest BCUT2D eigenvalue weighted by Crippen LogP contribution is 2.57. The van der Waals surface area contributed by atoms with E-state index in [0.29, 0.717) is 25.0 Å². The van der Waals surface area contributed by atoms with Gasteiger partial charge < -0.3 is 19.1 Å². The first kappa shape index (κ1) is 18.1. The Morgan fingerprint density at radius 3 is 2.67 bits per heavy atom. The quantitative estimate of drug-likeness (QED) is 0.548. The first-order valence-corrected chi connectivity index (χ1v) is 10.9. The monoisotopic (exact) mass is 375 g/mol. The molecule has 0 bridgehead atoms. The second-order valence-electron chi connectivity index (χ2n) is 9.81. The number of allylic oxidation sites excluding steroid dienone is 1. The van der Waals surface area contributed by atoms with Crippen molar-refractivity contribution >= 4 is 5.97 Å². The van der Waals surface area contributed by atoms with E-state index >= 15 is 0 Å². The van der Waals surface area contributed by atoms with Crippen LogP contribution in [0.4, 0.5) is 0 Å². The van der Waals surface area contributed by atoms with Crippen molar-refractivity contribution in [1.82, 2.24) is 4.90 Å². The topological polar surface area (TPSA) is 48.0 Å². The van der Waals surface area contributed by atoms with Gasteiger partial charge in [-0.25, -0.2) is 0 Å². The first-order valence-electron chi connectivity index (χ1n) is 10.9. The number of fused-ring (bicyclic) bond motifs is 2. The van der Waals surface area contributed by atoms with Crippen LogP contribution in [0.15, 0.2) is 12.2 Å². The molecule has 0 unspecified atom stereocenters. The molecule has 27 heavy (non-hydrogen) atoms. The number of piperidine rings is 1. The summed E-state index contributed by atoms with van der Waals surface area (Å²) >= 11 is 0. The van der Waals surface area contributed by atoms with Crippen LogP contribution in [0, 0.1) is 23.2 Å². The lowest BCUT2D eigenvalue weighted by Gasteiger charge is -2.50. The number of hydrogen-bond acceptors (Lipinski definition) is 5. The largest absolute Gasteiger partial charge is 0.462 e. The maximum atomic E-state index is 12.7. The Hall–Kier alpha value is -0.910. The third-order valence-electron chi connectivity index (χ3n) is 8.21. The predicted molar refractivity (Wildman–Crippen MR) is 101 cm³/mol. The molecule has 0 aromatic rings. The maximum Gasteiger partial charge on any atom is 0.310 e. The zero-order chi connectivity index (χ0) is 18.6. The summed E-state index contributed by atoms with van der Waals surface area (Å²) in [5.41, 5.74) is 1.69. The van der Waals surface area contributed by atoms with Gasteiger partial charge in [0.05, 0.1) is 19.1 Å². The Labute approximate surface area is 162 Å². The molecule has 5 aliphatic rings. The maximum absolute atomic E-state index is 12.7. The van der Waals surface area contributed by atoms with Gasteiger partial charge in [-0.2, -0.15) is 0 Å². The van der Waals surface area contributed by atoms with Crippen molar-refractivity contribution in [3.63, 3.8) is 0 Å². The summed E-state index contributed by atoms with van der Waals surface area (Å²) in [7, 11) is 0. The molecular weight excluding hydrogens is 342 g/mol. The van der Waals surface area contributed by atoms with Crippen molar-refractivity contribution in [3.8, 4) is 0 Å². The summed E-state index contributed by atoms with van der Waals surface area (Å²) in [6.45, 7) is 10.9. The smallest absolute Gasteiger partial charge is 0.310 e. The van der Waals surface area contributed by atoms with Gasteiger partial charge in [-0.1, -0.05) is 19.1 Å². The van der Waals surface area contributed by atoms with Crippen LogP contribution >= 0.6 is 0 Å². The van der Waals surface area contributed by atoms with Gasteiger partial charge in [0.15, 0.2) is 5.79 Å². The zero-order valence-electron chi connectivity index (χ0n) is 16.6. The first-order chi connectivity index (χ1) is 13.0. The summed E-state index contributed by atoms with van der Waals surface area (Å²) in [4.78, 5) is 15.2. The van der Waals surface area contributed by atoms with Crippen molar-refractivity contribution in [1.29, 1.82) is 0 Å². The number of hydrogen-bond donors (Lipinski definition) is 0. The summed E-state index contributed by atoms with van der Waals surface area (Å²) in [6.07, 6.45) is 7.67. The van der Waals surface area contributed by atoms with E-state index in [9.17, 15) is 4.79 Å². The lowest BCUT2D eigenvalue weighted by molar-refractivity contribution is -0.186. The van der Waals surface area contributed by atoms with Gasteiger partial charge in [0.25, 0.3) is 0 Å². The molecule has 0 radical (unpaired) electrons. The number of esters is 1. The van der Waals surface area contributed by atoms with E-state index in [1.807, 2.05) is 0 Å². The van der Waals surface area contributed by atoms with Crippen molar-refractivity contribution < 1.29 is 19.0 Å². The van der Waals surface area contributed by atoms with E-state index < -0.39 is 0 Å². The van der Waals surface area contributed by atoms with Gasteiger partial charge in [0, 0.05) is 38.4 Å². The molecule has 3 aliphatic heterocycles. The van der Waals surface area contributed by atoms with Gasteiger partial charge in [-0.3, -0.25) is 4.79 Å². The Morgan fingerprint density at radius 1 is 1.19 bits per heavy atom. The minimum Gasteiger partial charge on any atom is -0.462 e. The molecule has 0 aromatic heterocycles. The van der Waals surface area contributed by atoms with Gasteiger partial charge >= 0.3 is 5.97 Å². The SMILES string of the molecule is C=C1CCC[C@]2(C)C[C@H]3OC(=O)[C@@H](CN4CCC5(CC4)OCCO5)[C@H]3C[C@@H]12. The van der Waals surface area contributed by atoms with E-state index in [1.165, 1.54) is 18.4 Å². The molecular formula is C22H33NO4. The number of nitrogens with zero attached hydrogens (tertiary/aromatic N) is 1. The minimum absolute atomic E-state index is 0.0220. The van der Waals surface area contributed by atoms with Crippen LogP contribution in [0.3, 0.4) is 0 Å². The highest BCUT2D eigenvalue weighted by Gasteiger charge is 2.55. The average Bonchev–Trinajstić information content (AvgIpc) is 3.20. The number of carbonyl (C=O) groups is 1. The molecule has 2 saturated carbocycles. The van der Waals surface area contributed by atoms with E-state index in [1.54, 1.807) is 0 Å². The van der Waals surface area contributed by atoms with E-state index in [2.05, 4.69) is 18.4 Å². The lowest BCUT2D eigenvalue weighted by atomic mass is 9.55. The van der Waals surface area contributed by atoms with E-state index in [4.69, 9.17) is 14.2 Å². The fourth-order valence-electron chi connectivity index (χ4n) is 6.60. The molecule has 0 N–H and O–H groups in total. The Balaban J connectivity index is 1.26. The van der Waals surface area contributed by atoms with Gasteiger partial charge in [-0.15, -0.1) is 0 Å². The van der Waals surface area contributed by atoms with Crippen molar-refractivity contribution in [2.45, 2.75) is 63.8 Å². The molecule has 5 rings (SSSR count). The average molecular weight is 376 g/mol. The highest BCUT2D eigenvalue weighted by molar-refractivity contribution is 5.75. The minimum atomic E-state index is -0.346. The zero-order valence-corrected chi connectivity index (χ0v) is 16.6. The van der Waals surface area contributed by atoms with Crippen LogP contribution in [-0.2, 0) is 19.0 Å². The fourth-order valence-corrected chi connectivity index (χ4v) is 6.60. The van der Waals surface area contributed by atoms with Crippen LogP contribution in [-0.4, -0.2) is 55.6 Å². The van der Waals surface area contributed by atoms with Gasteiger partial charge in [0.2, 0.25) is 0 Å². The molecule has 0 amide bonds. The summed E-state index contributed by atoms with van der Waals surface area (Å²) < 4.78 is 17.6. The Kier molecular flexibility index (Phi) is 4.41. The van der Waals surface area contributed by atoms with Crippen molar-refractivity contribution in [3.05, 3.63) is 12.2 Å². The molecule has 3 heterocycles. The third kappa shape index (κ3) is 3.06. The predicted octanol–water partition coefficient (Wildman–Crippen LogP) is 3.14. The van der Waals surface area contributed by atoms with E-state index in [-0.39, 0.29) is 29.2 Å². The standard InChI is InChI=1S/C22H33NO4/c1-15-4-3-5-21(2)13-19-16(12-18(15)21)17(20(24)27-19)14-23-8-6-22(7-9-23)25-10-11-26-22/h16-19H,1,3-14H2,2H3/t16-,17+,18+,19-,21-/m1/s1. The summed E-state index contributed by atoms with van der Waals surface area (Å²) in [5.74, 6) is 0.636. The second-order valence-corrected chi connectivity index (χ2v) is 9.81. The van der Waals surface area contributed by atoms with Gasteiger partial charge in [-0.05, 0) is 43.4 Å². The Morgan fingerprint density at radius 2 is 1.93 bits per heavy atom. The molecule has 2 aliphatic carbocycles. The molecule has 3 saturated heterocycles. The third-order valence-corrected chi connectivity index (χ3v) is 8.21. The number of carbonyl (C=O) groups excluding carboxylic acids is 1. The van der Waals surface area contributed by atoms with Crippen LogP contribution in [0.5, 0.6) is 0 Å². The number of ether oxygens (including phenoxy) is 3. The molecule has 150 valence electrons. The molecule has 5 fully saturated rings. The van der Waals surface area contributed by atoms with Crippen LogP contribution in [0.25, 0.3) is 0 Å². The van der Waals surface area contributed by atoms with Crippen LogP contribution < -0.4 is 0 Å². The van der Waals surface area contributed by atoms with E-state index in [0.717, 1.165) is 51.7 Å². The molecule has 5 atom stereocenters. The summed E-state index contributed by atoms with van der Waals surface area (Å²) in [5, 5.41) is 0. The van der Waals surface area contributed by atoms with Crippen LogP contribution in [0.1, 0.15) is 51.9 Å². The van der Waals surface area contributed by atoms with Crippen LogP contribution in [0.2, 0.25) is 0 Å². The number of likely N-dealkylation sites (tertiary alicyclic amines) is 1. The highest BCUT2D eigenvalue weighted by atomic mass is 16.7. The Bertz CT molecular complexity index is 618. The van der Waals surface area contributed by atoms with Crippen molar-refractivity contribution in [2.75, 3.05) is 32.8 Å². The summed E-state index contributed by atoms with van der Waals surface area (Å²) in [6, 6.07) is 0.